The van der Waals surface area contributed by atoms with Gasteiger partial charge in [-0.25, -0.2) is 9.97 Å². The quantitative estimate of drug-likeness (QED) is 0.804. The number of hydrogen-bond acceptors (Lipinski definition) is 5. The fourth-order valence-corrected chi connectivity index (χ4v) is 2.51. The third-order valence-corrected chi connectivity index (χ3v) is 3.62. The Balaban J connectivity index is 2.23. The van der Waals surface area contributed by atoms with Crippen molar-refractivity contribution in [2.24, 2.45) is 0 Å². The first-order chi connectivity index (χ1) is 8.11. The molecule has 2 atom stereocenters. The van der Waals surface area contributed by atoms with Crippen LogP contribution in [0.2, 0.25) is 0 Å². The Hall–Kier alpha value is -1.36. The number of nitrogens with two attached hydrogens (primary N) is 1. The van der Waals surface area contributed by atoms with Gasteiger partial charge in [-0.1, -0.05) is 12.8 Å². The number of aliphatic hydroxyl groups excluding tert-OH is 1. The van der Waals surface area contributed by atoms with E-state index in [1.807, 2.05) is 18.9 Å². The first-order valence-corrected chi connectivity index (χ1v) is 6.09. The molecule has 0 aliphatic heterocycles. The molecular weight excluding hydrogens is 216 g/mol. The van der Waals surface area contributed by atoms with Gasteiger partial charge in [-0.2, -0.15) is 0 Å². The van der Waals surface area contributed by atoms with E-state index in [1.165, 1.54) is 6.33 Å². The van der Waals surface area contributed by atoms with Crippen molar-refractivity contribution < 1.29 is 5.11 Å². The van der Waals surface area contributed by atoms with Crippen LogP contribution in [0, 0.1) is 6.92 Å². The summed E-state index contributed by atoms with van der Waals surface area (Å²) < 4.78 is 0. The van der Waals surface area contributed by atoms with Gasteiger partial charge in [0.15, 0.2) is 0 Å². The van der Waals surface area contributed by atoms with E-state index < -0.39 is 0 Å². The lowest BCUT2D eigenvalue weighted by atomic mass is 9.91. The molecule has 0 amide bonds. The van der Waals surface area contributed by atoms with Gasteiger partial charge in [0.25, 0.3) is 0 Å². The lowest BCUT2D eigenvalue weighted by Gasteiger charge is -2.36. The summed E-state index contributed by atoms with van der Waals surface area (Å²) in [7, 11) is 1.97. The van der Waals surface area contributed by atoms with Crippen molar-refractivity contribution in [3.8, 4) is 0 Å². The Morgan fingerprint density at radius 3 is 2.76 bits per heavy atom. The zero-order valence-electron chi connectivity index (χ0n) is 10.4. The Bertz CT molecular complexity index is 396. The Labute approximate surface area is 102 Å². The number of anilines is 2. The van der Waals surface area contributed by atoms with Gasteiger partial charge in [0.2, 0.25) is 0 Å². The molecule has 5 heteroatoms. The first kappa shape index (κ1) is 12.1. The molecule has 17 heavy (non-hydrogen) atoms. The second-order valence-corrected chi connectivity index (χ2v) is 4.74. The van der Waals surface area contributed by atoms with Gasteiger partial charge in [-0.3, -0.25) is 0 Å². The summed E-state index contributed by atoms with van der Waals surface area (Å²) in [5, 5.41) is 10.0. The molecule has 1 aliphatic rings. The van der Waals surface area contributed by atoms with Crippen molar-refractivity contribution >= 4 is 11.6 Å². The molecule has 1 aliphatic carbocycles. The van der Waals surface area contributed by atoms with Crippen LogP contribution in [0.15, 0.2) is 6.33 Å². The summed E-state index contributed by atoms with van der Waals surface area (Å²) in [5.41, 5.74) is 6.66. The van der Waals surface area contributed by atoms with Crippen LogP contribution in [0.25, 0.3) is 0 Å². The van der Waals surface area contributed by atoms with Gasteiger partial charge < -0.3 is 15.7 Å². The van der Waals surface area contributed by atoms with Gasteiger partial charge in [-0.05, 0) is 19.8 Å². The highest BCUT2D eigenvalue weighted by Gasteiger charge is 2.28. The lowest BCUT2D eigenvalue weighted by Crippen LogP contribution is -2.44. The van der Waals surface area contributed by atoms with Gasteiger partial charge in [0.1, 0.15) is 18.0 Å². The summed E-state index contributed by atoms with van der Waals surface area (Å²) in [4.78, 5) is 10.3. The maximum Gasteiger partial charge on any atom is 0.137 e. The molecule has 2 unspecified atom stereocenters. The molecule has 1 aromatic heterocycles. The average molecular weight is 236 g/mol. The van der Waals surface area contributed by atoms with E-state index >= 15 is 0 Å². The predicted molar refractivity (Wildman–Crippen MR) is 67.8 cm³/mol. The van der Waals surface area contributed by atoms with Crippen LogP contribution in [0.1, 0.15) is 31.2 Å². The van der Waals surface area contributed by atoms with Crippen LogP contribution < -0.4 is 10.6 Å². The Kier molecular flexibility index (Phi) is 3.47. The van der Waals surface area contributed by atoms with Crippen LogP contribution in [-0.4, -0.2) is 34.3 Å². The van der Waals surface area contributed by atoms with Gasteiger partial charge >= 0.3 is 0 Å². The number of nitrogens with zero attached hydrogens (tertiary/aromatic N) is 3. The minimum absolute atomic E-state index is 0.136. The van der Waals surface area contributed by atoms with E-state index in [2.05, 4.69) is 9.97 Å². The maximum absolute atomic E-state index is 10.0. The lowest BCUT2D eigenvalue weighted by molar-refractivity contribution is 0.106. The van der Waals surface area contributed by atoms with E-state index in [1.54, 1.807) is 0 Å². The molecule has 0 aromatic carbocycles. The van der Waals surface area contributed by atoms with E-state index in [0.717, 1.165) is 37.1 Å². The number of aliphatic hydroxyl groups is 1. The molecule has 0 saturated heterocycles. The second-order valence-electron chi connectivity index (χ2n) is 4.74. The smallest absolute Gasteiger partial charge is 0.137 e. The molecule has 1 fully saturated rings. The van der Waals surface area contributed by atoms with Gasteiger partial charge in [-0.15, -0.1) is 0 Å². The molecule has 1 saturated carbocycles. The molecule has 0 radical (unpaired) electrons. The number of aromatic nitrogens is 2. The summed E-state index contributed by atoms with van der Waals surface area (Å²) in [6.45, 7) is 1.91. The summed E-state index contributed by atoms with van der Waals surface area (Å²) >= 11 is 0. The molecule has 1 aromatic rings. The fourth-order valence-electron chi connectivity index (χ4n) is 2.51. The highest BCUT2D eigenvalue weighted by atomic mass is 16.3. The normalized spacial score (nSPS) is 24.6. The van der Waals surface area contributed by atoms with Crippen molar-refractivity contribution in [1.29, 1.82) is 0 Å². The largest absolute Gasteiger partial charge is 0.391 e. The summed E-state index contributed by atoms with van der Waals surface area (Å²) in [6.07, 6.45) is 5.34. The van der Waals surface area contributed by atoms with Crippen LogP contribution in [0.3, 0.4) is 0 Å². The molecule has 0 spiro atoms. The molecule has 0 bridgehead atoms. The van der Waals surface area contributed by atoms with Crippen LogP contribution in [-0.2, 0) is 0 Å². The number of likely N-dealkylation sites (N-methyl/N-ethyl adjacent to an activating group) is 1. The summed E-state index contributed by atoms with van der Waals surface area (Å²) in [6, 6.07) is 0.136. The van der Waals surface area contributed by atoms with Crippen LogP contribution >= 0.6 is 0 Å². The maximum atomic E-state index is 10.0. The van der Waals surface area contributed by atoms with Crippen molar-refractivity contribution in [3.05, 3.63) is 11.9 Å². The summed E-state index contributed by atoms with van der Waals surface area (Å²) in [5.74, 6) is 1.33. The van der Waals surface area contributed by atoms with E-state index in [0.29, 0.717) is 5.82 Å². The van der Waals surface area contributed by atoms with E-state index in [9.17, 15) is 5.11 Å². The van der Waals surface area contributed by atoms with E-state index in [-0.39, 0.29) is 12.1 Å². The molecule has 1 heterocycles. The SMILES string of the molecule is Cc1c(N)ncnc1N(C)C1CCCCC1O. The molecule has 94 valence electrons. The van der Waals surface area contributed by atoms with Gasteiger partial charge in [0, 0.05) is 12.6 Å². The standard InChI is InChI=1S/C12H20N4O/c1-8-11(13)14-7-15-12(8)16(2)9-5-3-4-6-10(9)17/h7,9-10,17H,3-6H2,1-2H3,(H2,13,14,15). The number of hydrogen-bond donors (Lipinski definition) is 2. The van der Waals surface area contributed by atoms with Gasteiger partial charge in [0.05, 0.1) is 12.1 Å². The van der Waals surface area contributed by atoms with Crippen molar-refractivity contribution in [2.45, 2.75) is 44.8 Å². The first-order valence-electron chi connectivity index (χ1n) is 6.09. The van der Waals surface area contributed by atoms with Crippen molar-refractivity contribution in [2.75, 3.05) is 17.7 Å². The molecule has 3 N–H and O–H groups in total. The number of rotatable bonds is 2. The highest BCUT2D eigenvalue weighted by Crippen LogP contribution is 2.28. The highest BCUT2D eigenvalue weighted by molar-refractivity contribution is 5.55. The van der Waals surface area contributed by atoms with Crippen molar-refractivity contribution in [1.82, 2.24) is 9.97 Å². The van der Waals surface area contributed by atoms with E-state index in [4.69, 9.17) is 5.73 Å². The third kappa shape index (κ3) is 2.34. The third-order valence-electron chi connectivity index (χ3n) is 3.62. The zero-order chi connectivity index (χ0) is 12.4. The molecular formula is C12H20N4O. The fraction of sp³-hybridized carbons (Fsp3) is 0.667. The second kappa shape index (κ2) is 4.87. The Morgan fingerprint density at radius 2 is 2.06 bits per heavy atom. The molecule has 5 nitrogen and oxygen atoms in total. The van der Waals surface area contributed by atoms with Crippen molar-refractivity contribution in [3.63, 3.8) is 0 Å². The number of nitrogen functional groups attached to an aromatic ring is 1. The Morgan fingerprint density at radius 1 is 1.35 bits per heavy atom. The van der Waals surface area contributed by atoms with Crippen LogP contribution in [0.5, 0.6) is 0 Å². The average Bonchev–Trinajstić information content (AvgIpc) is 2.32. The predicted octanol–water partition coefficient (Wildman–Crippen LogP) is 1.11. The topological polar surface area (TPSA) is 75.3 Å². The zero-order valence-corrected chi connectivity index (χ0v) is 10.4. The van der Waals surface area contributed by atoms with Crippen LogP contribution in [0.4, 0.5) is 11.6 Å². The monoisotopic (exact) mass is 236 g/mol. The molecule has 2 rings (SSSR count). The minimum Gasteiger partial charge on any atom is -0.391 e. The minimum atomic E-state index is -0.274.